The van der Waals surface area contributed by atoms with Gasteiger partial charge in [-0.25, -0.2) is 9.97 Å². The van der Waals surface area contributed by atoms with E-state index >= 15 is 0 Å². The Morgan fingerprint density at radius 1 is 1.30 bits per heavy atom. The minimum absolute atomic E-state index is 0.111. The van der Waals surface area contributed by atoms with E-state index in [2.05, 4.69) is 36.5 Å². The molecule has 1 aromatic heterocycles. The Labute approximate surface area is 169 Å². The maximum absolute atomic E-state index is 10.9. The van der Waals surface area contributed by atoms with Gasteiger partial charge >= 0.3 is 0 Å². The third-order valence-corrected chi connectivity index (χ3v) is 4.49. The molecule has 0 fully saturated rings. The van der Waals surface area contributed by atoms with E-state index in [-0.39, 0.29) is 5.91 Å². The van der Waals surface area contributed by atoms with Crippen LogP contribution in [0.2, 0.25) is 5.02 Å². The molecule has 0 radical (unpaired) electrons. The molecule has 1 heterocycles. The van der Waals surface area contributed by atoms with Crippen LogP contribution >= 0.6 is 27.5 Å². The summed E-state index contributed by atoms with van der Waals surface area (Å²) in [5, 5.41) is 7.16. The number of halogens is 2. The molecule has 0 aliphatic heterocycles. The van der Waals surface area contributed by atoms with Gasteiger partial charge in [-0.15, -0.1) is 0 Å². The van der Waals surface area contributed by atoms with Crippen molar-refractivity contribution in [2.45, 2.75) is 6.92 Å². The van der Waals surface area contributed by atoms with Gasteiger partial charge in [0.1, 0.15) is 24.5 Å². The number of carbonyl (C=O) groups is 1. The quantitative estimate of drug-likeness (QED) is 0.389. The van der Waals surface area contributed by atoms with Crippen LogP contribution in [0, 0.1) is 0 Å². The number of ether oxygens (including phenoxy) is 1. The lowest BCUT2D eigenvalue weighted by molar-refractivity contribution is -0.119. The number of fused-ring (bicyclic) bond motifs is 1. The normalized spacial score (nSPS) is 10.6. The van der Waals surface area contributed by atoms with Gasteiger partial charge in [-0.1, -0.05) is 27.5 Å². The topological polar surface area (TPSA) is 102 Å². The molecule has 4 N–H and O–H groups in total. The highest BCUT2D eigenvalue weighted by molar-refractivity contribution is 9.10. The molecule has 0 spiro atoms. The van der Waals surface area contributed by atoms with Crippen molar-refractivity contribution in [3.05, 3.63) is 46.2 Å². The monoisotopic (exact) mass is 449 g/mol. The molecule has 1 amide bonds. The second kappa shape index (κ2) is 8.41. The fourth-order valence-corrected chi connectivity index (χ4v) is 3.15. The van der Waals surface area contributed by atoms with E-state index in [0.717, 1.165) is 9.86 Å². The summed E-state index contributed by atoms with van der Waals surface area (Å²) in [4.78, 5) is 19.5. The highest BCUT2D eigenvalue weighted by Crippen LogP contribution is 2.33. The summed E-state index contributed by atoms with van der Waals surface area (Å²) < 4.78 is 6.52. The third-order valence-electron chi connectivity index (χ3n) is 3.68. The molecule has 3 rings (SSSR count). The van der Waals surface area contributed by atoms with E-state index in [1.165, 1.54) is 13.3 Å². The molecule has 2 aromatic carbocycles. The van der Waals surface area contributed by atoms with Crippen molar-refractivity contribution in [1.29, 1.82) is 0 Å². The zero-order chi connectivity index (χ0) is 19.4. The second-order valence-corrected chi connectivity index (χ2v) is 7.03. The first kappa shape index (κ1) is 19.2. The van der Waals surface area contributed by atoms with Gasteiger partial charge < -0.3 is 21.1 Å². The van der Waals surface area contributed by atoms with Crippen LogP contribution in [0.1, 0.15) is 6.92 Å². The standard InChI is InChI=1S/C18H17BrClN5O2/c1-10(26)22-4-5-27-17-8-16-12(7-14(17)21)18(24-9-23-16)25-15-3-2-11(19)6-13(15)20/h2-3,6-9H,4-5,21H2,1H3,(H,22,26)(H,23,24,25). The summed E-state index contributed by atoms with van der Waals surface area (Å²) in [6.45, 7) is 2.15. The molecule has 0 aliphatic rings. The predicted molar refractivity (Wildman–Crippen MR) is 111 cm³/mol. The van der Waals surface area contributed by atoms with Crippen LogP contribution in [0.4, 0.5) is 17.2 Å². The number of hydrogen-bond acceptors (Lipinski definition) is 6. The van der Waals surface area contributed by atoms with Crippen LogP contribution in [-0.2, 0) is 4.79 Å². The molecule has 0 bridgehead atoms. The Balaban J connectivity index is 1.85. The molecule has 0 unspecified atom stereocenters. The minimum Gasteiger partial charge on any atom is -0.490 e. The first-order chi connectivity index (χ1) is 12.9. The third kappa shape index (κ3) is 4.78. The molecule has 140 valence electrons. The first-order valence-electron chi connectivity index (χ1n) is 8.07. The molecular weight excluding hydrogens is 434 g/mol. The van der Waals surface area contributed by atoms with Gasteiger partial charge in [-0.05, 0) is 24.3 Å². The Kier molecular flexibility index (Phi) is 5.98. The van der Waals surface area contributed by atoms with E-state index < -0.39 is 0 Å². The number of carbonyl (C=O) groups excluding carboxylic acids is 1. The smallest absolute Gasteiger partial charge is 0.216 e. The number of nitrogens with one attached hydrogen (secondary N) is 2. The van der Waals surface area contributed by atoms with Crippen molar-refractivity contribution in [1.82, 2.24) is 15.3 Å². The number of nitrogen functional groups attached to an aromatic ring is 1. The average Bonchev–Trinajstić information content (AvgIpc) is 2.61. The summed E-state index contributed by atoms with van der Waals surface area (Å²) in [5.74, 6) is 0.972. The second-order valence-electron chi connectivity index (χ2n) is 5.71. The molecule has 9 heteroatoms. The lowest BCUT2D eigenvalue weighted by Gasteiger charge is -2.13. The number of anilines is 3. The lowest BCUT2D eigenvalue weighted by atomic mass is 10.2. The van der Waals surface area contributed by atoms with Gasteiger partial charge in [-0.2, -0.15) is 0 Å². The fraction of sp³-hybridized carbons (Fsp3) is 0.167. The number of aromatic nitrogens is 2. The van der Waals surface area contributed by atoms with Crippen molar-refractivity contribution >= 4 is 61.5 Å². The average molecular weight is 451 g/mol. The summed E-state index contributed by atoms with van der Waals surface area (Å²) in [5.41, 5.74) is 7.95. The fourth-order valence-electron chi connectivity index (χ4n) is 2.43. The van der Waals surface area contributed by atoms with Crippen LogP contribution < -0.4 is 21.1 Å². The van der Waals surface area contributed by atoms with Crippen LogP contribution in [0.3, 0.4) is 0 Å². The highest BCUT2D eigenvalue weighted by Gasteiger charge is 2.11. The lowest BCUT2D eigenvalue weighted by Crippen LogP contribution is -2.25. The number of nitrogens with zero attached hydrogens (tertiary/aromatic N) is 2. The Morgan fingerprint density at radius 3 is 2.85 bits per heavy atom. The Bertz CT molecular complexity index is 999. The maximum atomic E-state index is 10.9. The van der Waals surface area contributed by atoms with Crippen LogP contribution in [-0.4, -0.2) is 29.0 Å². The van der Waals surface area contributed by atoms with Gasteiger partial charge in [0, 0.05) is 22.8 Å². The van der Waals surface area contributed by atoms with Crippen LogP contribution in [0.25, 0.3) is 10.9 Å². The first-order valence-corrected chi connectivity index (χ1v) is 9.24. The molecule has 0 aliphatic carbocycles. The minimum atomic E-state index is -0.111. The van der Waals surface area contributed by atoms with Gasteiger partial charge in [-0.3, -0.25) is 4.79 Å². The number of rotatable bonds is 6. The predicted octanol–water partition coefficient (Wildman–Crippen LogP) is 3.89. The van der Waals surface area contributed by atoms with Crippen molar-refractivity contribution in [2.24, 2.45) is 0 Å². The molecule has 0 saturated heterocycles. The molecule has 7 nitrogen and oxygen atoms in total. The molecular formula is C18H17BrClN5O2. The highest BCUT2D eigenvalue weighted by atomic mass is 79.9. The molecule has 0 atom stereocenters. The molecule has 3 aromatic rings. The van der Waals surface area contributed by atoms with Crippen LogP contribution in [0.5, 0.6) is 5.75 Å². The van der Waals surface area contributed by atoms with E-state index in [0.29, 0.717) is 46.6 Å². The largest absolute Gasteiger partial charge is 0.490 e. The summed E-state index contributed by atoms with van der Waals surface area (Å²) >= 11 is 9.65. The van der Waals surface area contributed by atoms with Crippen molar-refractivity contribution < 1.29 is 9.53 Å². The van der Waals surface area contributed by atoms with Crippen LogP contribution in [0.15, 0.2) is 41.1 Å². The van der Waals surface area contributed by atoms with Gasteiger partial charge in [0.2, 0.25) is 5.91 Å². The summed E-state index contributed by atoms with van der Waals surface area (Å²) in [6.07, 6.45) is 1.45. The van der Waals surface area contributed by atoms with E-state index in [1.807, 2.05) is 12.1 Å². The Morgan fingerprint density at radius 2 is 2.11 bits per heavy atom. The molecule has 0 saturated carbocycles. The van der Waals surface area contributed by atoms with Crippen molar-refractivity contribution in [2.75, 3.05) is 24.2 Å². The SMILES string of the molecule is CC(=O)NCCOc1cc2ncnc(Nc3ccc(Br)cc3Cl)c2cc1N. The van der Waals surface area contributed by atoms with E-state index in [9.17, 15) is 4.79 Å². The number of amides is 1. The van der Waals surface area contributed by atoms with E-state index in [4.69, 9.17) is 22.1 Å². The van der Waals surface area contributed by atoms with Crippen molar-refractivity contribution in [3.63, 3.8) is 0 Å². The van der Waals surface area contributed by atoms with Gasteiger partial charge in [0.15, 0.2) is 0 Å². The number of benzene rings is 2. The van der Waals surface area contributed by atoms with Gasteiger partial charge in [0.25, 0.3) is 0 Å². The number of hydrogen-bond donors (Lipinski definition) is 3. The maximum Gasteiger partial charge on any atom is 0.216 e. The Hall–Kier alpha value is -2.58. The zero-order valence-electron chi connectivity index (χ0n) is 14.4. The van der Waals surface area contributed by atoms with Crippen molar-refractivity contribution in [3.8, 4) is 5.75 Å². The van der Waals surface area contributed by atoms with E-state index in [1.54, 1.807) is 18.2 Å². The number of nitrogens with two attached hydrogens (primary N) is 1. The van der Waals surface area contributed by atoms with Gasteiger partial charge in [0.05, 0.1) is 28.5 Å². The summed E-state index contributed by atoms with van der Waals surface area (Å²) in [6, 6.07) is 9.02. The summed E-state index contributed by atoms with van der Waals surface area (Å²) in [7, 11) is 0. The zero-order valence-corrected chi connectivity index (χ0v) is 16.8. The molecule has 27 heavy (non-hydrogen) atoms.